The van der Waals surface area contributed by atoms with Crippen molar-refractivity contribution in [3.8, 4) is 0 Å². The van der Waals surface area contributed by atoms with Crippen molar-refractivity contribution < 1.29 is 14.3 Å². The molecule has 166 valence electrons. The Kier molecular flexibility index (Phi) is 6.33. The topological polar surface area (TPSA) is 68.3 Å². The van der Waals surface area contributed by atoms with Gasteiger partial charge in [-0.25, -0.2) is 4.79 Å². The lowest BCUT2D eigenvalue weighted by molar-refractivity contribution is -0.119. The van der Waals surface area contributed by atoms with Crippen LogP contribution in [0.1, 0.15) is 48.8 Å². The van der Waals surface area contributed by atoms with E-state index in [1.807, 2.05) is 42.5 Å². The van der Waals surface area contributed by atoms with Gasteiger partial charge in [0.2, 0.25) is 0 Å². The molecule has 1 amide bonds. The highest BCUT2D eigenvalue weighted by molar-refractivity contribution is 9.10. The summed E-state index contributed by atoms with van der Waals surface area (Å²) in [5.74, 6) is -0.412. The number of benzene rings is 2. The van der Waals surface area contributed by atoms with Crippen molar-refractivity contribution >= 4 is 44.4 Å². The van der Waals surface area contributed by atoms with Gasteiger partial charge in [-0.1, -0.05) is 51.1 Å². The zero-order chi connectivity index (χ0) is 22.9. The third-order valence-electron chi connectivity index (χ3n) is 6.17. The number of pyridine rings is 1. The maximum atomic E-state index is 13.3. The number of rotatable bonds is 4. The number of carbonyl (C=O) groups excluding carboxylic acids is 2. The number of aromatic nitrogens is 1. The summed E-state index contributed by atoms with van der Waals surface area (Å²) in [5.41, 5.74) is 4.03. The average Bonchev–Trinajstić information content (AvgIpc) is 2.76. The number of nitrogens with zero attached hydrogens (tertiary/aromatic N) is 1. The van der Waals surface area contributed by atoms with E-state index in [1.165, 1.54) is 0 Å². The van der Waals surface area contributed by atoms with Gasteiger partial charge in [-0.2, -0.15) is 0 Å². The van der Waals surface area contributed by atoms with Crippen LogP contribution < -0.4 is 5.32 Å². The molecule has 0 saturated heterocycles. The van der Waals surface area contributed by atoms with Crippen molar-refractivity contribution in [2.24, 2.45) is 11.3 Å². The normalized spacial score (nSPS) is 15.8. The summed E-state index contributed by atoms with van der Waals surface area (Å²) in [6, 6.07) is 14.9. The number of amides is 1. The first-order valence-corrected chi connectivity index (χ1v) is 11.7. The summed E-state index contributed by atoms with van der Waals surface area (Å²) < 4.78 is 6.27. The van der Waals surface area contributed by atoms with Crippen LogP contribution in [0.5, 0.6) is 0 Å². The largest absolute Gasteiger partial charge is 0.452 e. The molecular weight excluding hydrogens is 468 g/mol. The third-order valence-corrected chi connectivity index (χ3v) is 6.86. The molecule has 0 saturated carbocycles. The average molecular weight is 495 g/mol. The highest BCUT2D eigenvalue weighted by Gasteiger charge is 2.33. The zero-order valence-electron chi connectivity index (χ0n) is 18.6. The molecule has 2 aromatic carbocycles. The van der Waals surface area contributed by atoms with Crippen molar-refractivity contribution in [1.29, 1.82) is 0 Å². The molecule has 0 radical (unpaired) electrons. The van der Waals surface area contributed by atoms with E-state index in [0.717, 1.165) is 45.9 Å². The van der Waals surface area contributed by atoms with Gasteiger partial charge in [0.1, 0.15) is 0 Å². The van der Waals surface area contributed by atoms with Gasteiger partial charge < -0.3 is 10.1 Å². The smallest absolute Gasteiger partial charge is 0.339 e. The van der Waals surface area contributed by atoms with Gasteiger partial charge in [0.25, 0.3) is 5.91 Å². The number of hydrogen-bond acceptors (Lipinski definition) is 4. The van der Waals surface area contributed by atoms with Crippen LogP contribution in [-0.2, 0) is 22.4 Å². The van der Waals surface area contributed by atoms with Crippen LogP contribution in [0.3, 0.4) is 0 Å². The lowest BCUT2D eigenvalue weighted by Gasteiger charge is -2.35. The number of esters is 1. The molecule has 1 aromatic heterocycles. The van der Waals surface area contributed by atoms with Gasteiger partial charge in [0, 0.05) is 15.6 Å². The van der Waals surface area contributed by atoms with Crippen LogP contribution in [0.2, 0.25) is 0 Å². The highest BCUT2D eigenvalue weighted by Crippen LogP contribution is 2.39. The van der Waals surface area contributed by atoms with E-state index in [2.05, 4.69) is 42.0 Å². The first-order chi connectivity index (χ1) is 15.2. The summed E-state index contributed by atoms with van der Waals surface area (Å²) in [7, 11) is 0. The molecule has 1 aliphatic carbocycles. The number of carbonyl (C=O) groups is 2. The highest BCUT2D eigenvalue weighted by atomic mass is 79.9. The number of hydrogen-bond donors (Lipinski definition) is 1. The van der Waals surface area contributed by atoms with Gasteiger partial charge in [-0.15, -0.1) is 0 Å². The molecular formula is C26H27BrN2O3. The minimum Gasteiger partial charge on any atom is -0.452 e. The third kappa shape index (κ3) is 4.70. The Morgan fingerprint density at radius 3 is 2.59 bits per heavy atom. The van der Waals surface area contributed by atoms with E-state index < -0.39 is 5.97 Å². The lowest BCUT2D eigenvalue weighted by Crippen LogP contribution is -2.29. The van der Waals surface area contributed by atoms with E-state index in [1.54, 1.807) is 6.07 Å². The monoisotopic (exact) mass is 494 g/mol. The second-order valence-corrected chi connectivity index (χ2v) is 10.2. The van der Waals surface area contributed by atoms with Gasteiger partial charge in [-0.05, 0) is 70.3 Å². The number of fused-ring (bicyclic) bond motifs is 2. The summed E-state index contributed by atoms with van der Waals surface area (Å²) in [5, 5.41) is 3.54. The molecule has 1 unspecified atom stereocenters. The van der Waals surface area contributed by atoms with Crippen LogP contribution in [0.4, 0.5) is 5.69 Å². The zero-order valence-corrected chi connectivity index (χ0v) is 20.2. The SMILES string of the molecule is CC(C)(C)C1CCc2nc3ccccc3c(C(=O)OCC(=O)Nc3ccccc3Br)c2C1. The Morgan fingerprint density at radius 2 is 1.84 bits per heavy atom. The molecule has 3 aromatic rings. The molecule has 1 N–H and O–H groups in total. The molecule has 4 rings (SSSR count). The van der Waals surface area contributed by atoms with Crippen molar-refractivity contribution in [2.45, 2.75) is 40.0 Å². The number of aryl methyl sites for hydroxylation is 1. The van der Waals surface area contributed by atoms with Crippen LogP contribution in [0, 0.1) is 11.3 Å². The van der Waals surface area contributed by atoms with E-state index in [0.29, 0.717) is 17.2 Å². The Labute approximate surface area is 196 Å². The van der Waals surface area contributed by atoms with Gasteiger partial charge in [0.05, 0.1) is 16.8 Å². The molecule has 1 heterocycles. The quantitative estimate of drug-likeness (QED) is 0.455. The van der Waals surface area contributed by atoms with Gasteiger partial charge in [0.15, 0.2) is 6.61 Å². The predicted molar refractivity (Wildman–Crippen MR) is 130 cm³/mol. The molecule has 1 aliphatic rings. The van der Waals surface area contributed by atoms with E-state index in [-0.39, 0.29) is 17.9 Å². The van der Waals surface area contributed by atoms with Gasteiger partial charge in [-0.3, -0.25) is 9.78 Å². The maximum absolute atomic E-state index is 13.3. The van der Waals surface area contributed by atoms with E-state index >= 15 is 0 Å². The Hall–Kier alpha value is -2.73. The second-order valence-electron chi connectivity index (χ2n) is 9.34. The number of para-hydroxylation sites is 2. The van der Waals surface area contributed by atoms with Crippen molar-refractivity contribution in [2.75, 3.05) is 11.9 Å². The standard InChI is InChI=1S/C26H27BrN2O3/c1-26(2,3)16-12-13-21-18(14-16)24(17-8-4-6-10-20(17)28-21)25(31)32-15-23(30)29-22-11-7-5-9-19(22)27/h4-11,16H,12-15H2,1-3H3,(H,29,30). The van der Waals surface area contributed by atoms with Gasteiger partial charge >= 0.3 is 5.97 Å². The minimum absolute atomic E-state index is 0.132. The molecule has 0 fully saturated rings. The van der Waals surface area contributed by atoms with Crippen LogP contribution >= 0.6 is 15.9 Å². The first kappa shape index (κ1) is 22.5. The van der Waals surface area contributed by atoms with Crippen molar-refractivity contribution in [1.82, 2.24) is 4.98 Å². The Morgan fingerprint density at radius 1 is 1.12 bits per heavy atom. The van der Waals surface area contributed by atoms with E-state index in [9.17, 15) is 9.59 Å². The maximum Gasteiger partial charge on any atom is 0.339 e. The molecule has 32 heavy (non-hydrogen) atoms. The summed E-state index contributed by atoms with van der Waals surface area (Å²) in [6.45, 7) is 6.36. The number of anilines is 1. The number of halogens is 1. The van der Waals surface area contributed by atoms with Crippen molar-refractivity contribution in [3.63, 3.8) is 0 Å². The van der Waals surface area contributed by atoms with E-state index in [4.69, 9.17) is 9.72 Å². The lowest BCUT2D eigenvalue weighted by atomic mass is 9.70. The molecule has 1 atom stereocenters. The number of nitrogens with one attached hydrogen (secondary N) is 1. The fourth-order valence-electron chi connectivity index (χ4n) is 4.31. The first-order valence-electron chi connectivity index (χ1n) is 10.9. The summed E-state index contributed by atoms with van der Waals surface area (Å²) in [6.07, 6.45) is 2.67. The Balaban J connectivity index is 1.60. The molecule has 0 bridgehead atoms. The molecule has 0 spiro atoms. The molecule has 0 aliphatic heterocycles. The summed E-state index contributed by atoms with van der Waals surface area (Å²) >= 11 is 3.40. The molecule has 6 heteroatoms. The fraction of sp³-hybridized carbons (Fsp3) is 0.346. The predicted octanol–water partition coefficient (Wildman–Crippen LogP) is 5.94. The minimum atomic E-state index is -0.475. The van der Waals surface area contributed by atoms with Crippen LogP contribution in [-0.4, -0.2) is 23.5 Å². The second kappa shape index (κ2) is 9.02. The van der Waals surface area contributed by atoms with Crippen LogP contribution in [0.15, 0.2) is 53.0 Å². The Bertz CT molecular complexity index is 1180. The summed E-state index contributed by atoms with van der Waals surface area (Å²) in [4.78, 5) is 30.5. The van der Waals surface area contributed by atoms with Crippen molar-refractivity contribution in [3.05, 3.63) is 69.8 Å². The fourth-order valence-corrected chi connectivity index (χ4v) is 4.70. The van der Waals surface area contributed by atoms with Crippen LogP contribution in [0.25, 0.3) is 10.9 Å². The number of ether oxygens (including phenoxy) is 1. The molecule has 5 nitrogen and oxygen atoms in total.